The summed E-state index contributed by atoms with van der Waals surface area (Å²) in [6.45, 7) is 9.10. The van der Waals surface area contributed by atoms with Gasteiger partial charge in [0.25, 0.3) is 5.91 Å². The average Bonchev–Trinajstić information content (AvgIpc) is 3.08. The third kappa shape index (κ3) is 4.80. The van der Waals surface area contributed by atoms with Gasteiger partial charge in [0.15, 0.2) is 0 Å². The molecular formula is C27H26FN3O2. The Balaban J connectivity index is 1.70. The molecule has 0 aliphatic rings. The van der Waals surface area contributed by atoms with Crippen molar-refractivity contribution in [2.45, 2.75) is 33.5 Å². The molecule has 1 N–H and O–H groups in total. The van der Waals surface area contributed by atoms with Crippen LogP contribution < -0.4 is 10.1 Å². The van der Waals surface area contributed by atoms with Gasteiger partial charge in [-0.2, -0.15) is 0 Å². The summed E-state index contributed by atoms with van der Waals surface area (Å²) in [6, 6.07) is 17.6. The first-order valence-corrected chi connectivity index (χ1v) is 10.8. The minimum Gasteiger partial charge on any atom is -0.471 e. The van der Waals surface area contributed by atoms with Crippen LogP contribution in [0.3, 0.4) is 0 Å². The second kappa shape index (κ2) is 9.69. The molecule has 0 saturated heterocycles. The first kappa shape index (κ1) is 22.3. The first-order valence-electron chi connectivity index (χ1n) is 10.8. The molecule has 0 bridgehead atoms. The normalized spacial score (nSPS) is 10.9. The van der Waals surface area contributed by atoms with Crippen molar-refractivity contribution in [1.82, 2.24) is 14.9 Å². The molecule has 0 spiro atoms. The number of nitrogens with zero attached hydrogens (tertiary/aromatic N) is 2. The number of fused-ring (bicyclic) bond motifs is 1. The van der Waals surface area contributed by atoms with E-state index >= 15 is 0 Å². The van der Waals surface area contributed by atoms with Gasteiger partial charge in [-0.15, -0.1) is 6.58 Å². The molecule has 168 valence electrons. The maximum atomic E-state index is 13.3. The molecule has 0 aliphatic heterocycles. The summed E-state index contributed by atoms with van der Waals surface area (Å²) in [6.07, 6.45) is 1.82. The molecule has 0 fully saturated rings. The van der Waals surface area contributed by atoms with Crippen LogP contribution in [0.25, 0.3) is 10.9 Å². The number of hydrogen-bond acceptors (Lipinski definition) is 3. The Hall–Kier alpha value is -3.93. The number of hydrogen-bond donors (Lipinski definition) is 1. The van der Waals surface area contributed by atoms with Crippen LogP contribution >= 0.6 is 0 Å². The second-order valence-electron chi connectivity index (χ2n) is 7.90. The van der Waals surface area contributed by atoms with Crippen molar-refractivity contribution in [3.05, 3.63) is 107 Å². The topological polar surface area (TPSA) is 56.2 Å². The zero-order chi connectivity index (χ0) is 23.4. The Labute approximate surface area is 192 Å². The maximum absolute atomic E-state index is 13.3. The van der Waals surface area contributed by atoms with Crippen molar-refractivity contribution in [2.24, 2.45) is 0 Å². The van der Waals surface area contributed by atoms with Crippen molar-refractivity contribution in [3.8, 4) is 5.88 Å². The van der Waals surface area contributed by atoms with Gasteiger partial charge in [-0.3, -0.25) is 4.79 Å². The summed E-state index contributed by atoms with van der Waals surface area (Å²) < 4.78 is 21.4. The molecule has 0 atom stereocenters. The van der Waals surface area contributed by atoms with E-state index in [-0.39, 0.29) is 24.0 Å². The fraction of sp³-hybridized carbons (Fsp3) is 0.185. The standard InChI is InChI=1S/C27H26FN3O2/c1-4-14-31-19(3)18(2)23-15-24(26(32)29-16-20-8-6-5-7-9-20)30-27(25(23)31)33-17-21-10-12-22(28)13-11-21/h4-13,15H,1,14,16-17H2,2-3H3,(H,29,32). The Bertz CT molecular complexity index is 1290. The third-order valence-electron chi connectivity index (χ3n) is 5.71. The van der Waals surface area contributed by atoms with Gasteiger partial charge < -0.3 is 14.6 Å². The number of aromatic nitrogens is 2. The molecule has 0 saturated carbocycles. The number of allylic oxidation sites excluding steroid dienone is 1. The molecule has 1 amide bonds. The molecule has 4 aromatic rings. The molecule has 2 aromatic heterocycles. The number of amides is 1. The van der Waals surface area contributed by atoms with E-state index in [1.807, 2.05) is 56.3 Å². The fourth-order valence-electron chi connectivity index (χ4n) is 3.80. The summed E-state index contributed by atoms with van der Waals surface area (Å²) in [5, 5.41) is 3.84. The van der Waals surface area contributed by atoms with Crippen molar-refractivity contribution in [1.29, 1.82) is 0 Å². The molecule has 0 unspecified atom stereocenters. The number of halogens is 1. The van der Waals surface area contributed by atoms with Crippen LogP contribution in [0.1, 0.15) is 32.9 Å². The SMILES string of the molecule is C=CCn1c(C)c(C)c2cc(C(=O)NCc3ccccc3)nc(OCc3ccc(F)cc3)c21. The number of carbonyl (C=O) groups is 1. The molecule has 2 heterocycles. The summed E-state index contributed by atoms with van der Waals surface area (Å²) in [7, 11) is 0. The fourth-order valence-corrected chi connectivity index (χ4v) is 3.80. The van der Waals surface area contributed by atoms with Gasteiger partial charge in [-0.1, -0.05) is 48.5 Å². The van der Waals surface area contributed by atoms with Crippen LogP contribution in [0.5, 0.6) is 5.88 Å². The summed E-state index contributed by atoms with van der Waals surface area (Å²) in [5.41, 5.74) is 5.01. The summed E-state index contributed by atoms with van der Waals surface area (Å²) >= 11 is 0. The number of aryl methyl sites for hydroxylation is 1. The average molecular weight is 444 g/mol. The predicted octanol–water partition coefficient (Wildman–Crippen LogP) is 5.49. The number of benzene rings is 2. The molecule has 0 aliphatic carbocycles. The summed E-state index contributed by atoms with van der Waals surface area (Å²) in [4.78, 5) is 17.5. The lowest BCUT2D eigenvalue weighted by Gasteiger charge is -2.12. The highest BCUT2D eigenvalue weighted by Gasteiger charge is 2.20. The molecule has 33 heavy (non-hydrogen) atoms. The molecule has 0 radical (unpaired) electrons. The largest absolute Gasteiger partial charge is 0.471 e. The van der Waals surface area contributed by atoms with Crippen LogP contribution in [0, 0.1) is 19.7 Å². The number of carbonyl (C=O) groups excluding carboxylic acids is 1. The molecular weight excluding hydrogens is 417 g/mol. The Morgan fingerprint density at radius 3 is 2.55 bits per heavy atom. The third-order valence-corrected chi connectivity index (χ3v) is 5.71. The Kier molecular flexibility index (Phi) is 6.54. The predicted molar refractivity (Wildman–Crippen MR) is 128 cm³/mol. The minimum atomic E-state index is -0.303. The smallest absolute Gasteiger partial charge is 0.270 e. The van der Waals surface area contributed by atoms with Crippen molar-refractivity contribution in [3.63, 3.8) is 0 Å². The first-order chi connectivity index (χ1) is 16.0. The highest BCUT2D eigenvalue weighted by Crippen LogP contribution is 2.32. The molecule has 4 rings (SSSR count). The molecule has 6 heteroatoms. The second-order valence-corrected chi connectivity index (χ2v) is 7.90. The molecule has 5 nitrogen and oxygen atoms in total. The van der Waals surface area contributed by atoms with Crippen LogP contribution in [0.4, 0.5) is 4.39 Å². The number of nitrogens with one attached hydrogen (secondary N) is 1. The lowest BCUT2D eigenvalue weighted by molar-refractivity contribution is 0.0945. The number of pyridine rings is 1. The van der Waals surface area contributed by atoms with E-state index in [1.165, 1.54) is 12.1 Å². The zero-order valence-electron chi connectivity index (χ0n) is 18.8. The summed E-state index contributed by atoms with van der Waals surface area (Å²) in [5.74, 6) is -0.219. The van der Waals surface area contributed by atoms with E-state index in [4.69, 9.17) is 4.74 Å². The highest BCUT2D eigenvalue weighted by molar-refractivity contribution is 5.99. The zero-order valence-corrected chi connectivity index (χ0v) is 18.8. The van der Waals surface area contributed by atoms with Gasteiger partial charge in [0.2, 0.25) is 5.88 Å². The van der Waals surface area contributed by atoms with Crippen molar-refractivity contribution >= 4 is 16.8 Å². The van der Waals surface area contributed by atoms with Crippen LogP contribution in [-0.4, -0.2) is 15.5 Å². The van der Waals surface area contributed by atoms with Crippen molar-refractivity contribution < 1.29 is 13.9 Å². The Morgan fingerprint density at radius 1 is 1.12 bits per heavy atom. The highest BCUT2D eigenvalue weighted by atomic mass is 19.1. The number of ether oxygens (including phenoxy) is 1. The van der Waals surface area contributed by atoms with E-state index in [2.05, 4.69) is 21.4 Å². The lowest BCUT2D eigenvalue weighted by Crippen LogP contribution is -2.24. The van der Waals surface area contributed by atoms with Crippen LogP contribution in [0.15, 0.2) is 73.3 Å². The quantitative estimate of drug-likeness (QED) is 0.367. The van der Waals surface area contributed by atoms with E-state index < -0.39 is 0 Å². The minimum absolute atomic E-state index is 0.203. The van der Waals surface area contributed by atoms with Crippen LogP contribution in [0.2, 0.25) is 0 Å². The van der Waals surface area contributed by atoms with E-state index in [0.717, 1.165) is 33.3 Å². The van der Waals surface area contributed by atoms with E-state index in [9.17, 15) is 9.18 Å². The van der Waals surface area contributed by atoms with Gasteiger partial charge in [-0.05, 0) is 48.7 Å². The number of rotatable bonds is 8. The van der Waals surface area contributed by atoms with Gasteiger partial charge in [0.1, 0.15) is 23.6 Å². The lowest BCUT2D eigenvalue weighted by atomic mass is 10.1. The van der Waals surface area contributed by atoms with Crippen molar-refractivity contribution in [2.75, 3.05) is 0 Å². The van der Waals surface area contributed by atoms with Gasteiger partial charge >= 0.3 is 0 Å². The monoisotopic (exact) mass is 443 g/mol. The Morgan fingerprint density at radius 2 is 1.85 bits per heavy atom. The molecule has 2 aromatic carbocycles. The van der Waals surface area contributed by atoms with Crippen LogP contribution in [-0.2, 0) is 19.7 Å². The van der Waals surface area contributed by atoms with Gasteiger partial charge in [-0.25, -0.2) is 9.37 Å². The van der Waals surface area contributed by atoms with Gasteiger partial charge in [0.05, 0.1) is 0 Å². The van der Waals surface area contributed by atoms with Gasteiger partial charge in [0, 0.05) is 24.2 Å². The maximum Gasteiger partial charge on any atom is 0.270 e. The van der Waals surface area contributed by atoms with E-state index in [1.54, 1.807) is 12.1 Å². The van der Waals surface area contributed by atoms with E-state index in [0.29, 0.717) is 19.0 Å².